The van der Waals surface area contributed by atoms with E-state index in [0.717, 1.165) is 69.2 Å². The Morgan fingerprint density at radius 3 is 2.45 bits per heavy atom. The zero-order valence-corrected chi connectivity index (χ0v) is 27.7. The molecule has 3 aromatic rings. The van der Waals surface area contributed by atoms with E-state index in [1.54, 1.807) is 0 Å². The van der Waals surface area contributed by atoms with Crippen LogP contribution >= 0.6 is 0 Å². The number of carboxylic acids is 1. The summed E-state index contributed by atoms with van der Waals surface area (Å²) < 4.78 is 6.46. The summed E-state index contributed by atoms with van der Waals surface area (Å²) in [5, 5.41) is 13.3. The number of fused-ring (bicyclic) bond motifs is 2. The van der Waals surface area contributed by atoms with Gasteiger partial charge in [0, 0.05) is 31.2 Å². The van der Waals surface area contributed by atoms with Crippen LogP contribution in [0.3, 0.4) is 0 Å². The van der Waals surface area contributed by atoms with E-state index in [1.165, 1.54) is 23.0 Å². The molecule has 4 heterocycles. The van der Waals surface area contributed by atoms with E-state index in [9.17, 15) is 14.7 Å². The molecule has 0 bridgehead atoms. The molecule has 0 saturated carbocycles. The van der Waals surface area contributed by atoms with Crippen LogP contribution in [0.15, 0.2) is 54.9 Å². The number of amides is 1. The zero-order valence-electron chi connectivity index (χ0n) is 27.7. The maximum Gasteiger partial charge on any atom is 0.311 e. The second-order valence-corrected chi connectivity index (χ2v) is 14.2. The molecule has 2 N–H and O–H groups in total. The minimum atomic E-state index is -0.708. The van der Waals surface area contributed by atoms with Gasteiger partial charge in [0.15, 0.2) is 0 Å². The SMILES string of the molecule is Cc1ccc(C2CCCC(CNc3ncnc(C(=O)N4CCC(N5CCC6(CC5)CC(C(=O)O)c5ccccc56)CC4)c3C)O2)cc1. The average Bonchev–Trinajstić information content (AvgIpc) is 3.42. The fraction of sp³-hybridized carbons (Fsp3) is 0.526. The predicted octanol–water partition coefficient (Wildman–Crippen LogP) is 6.03. The lowest BCUT2D eigenvalue weighted by Crippen LogP contribution is -2.51. The number of ether oxygens (including phenoxy) is 1. The molecule has 0 radical (unpaired) electrons. The second-order valence-electron chi connectivity index (χ2n) is 14.2. The molecule has 1 aliphatic carbocycles. The smallest absolute Gasteiger partial charge is 0.311 e. The Labute approximate surface area is 277 Å². The van der Waals surface area contributed by atoms with Crippen molar-refractivity contribution in [2.24, 2.45) is 0 Å². The summed E-state index contributed by atoms with van der Waals surface area (Å²) in [6.45, 7) is 8.02. The number of piperidine rings is 2. The monoisotopic (exact) mass is 637 g/mol. The van der Waals surface area contributed by atoms with Crippen molar-refractivity contribution in [1.29, 1.82) is 0 Å². The average molecular weight is 638 g/mol. The lowest BCUT2D eigenvalue weighted by atomic mass is 9.73. The largest absolute Gasteiger partial charge is 0.481 e. The summed E-state index contributed by atoms with van der Waals surface area (Å²) in [4.78, 5) is 39.2. The predicted molar refractivity (Wildman–Crippen MR) is 181 cm³/mol. The molecule has 1 aromatic heterocycles. The molecule has 4 aliphatic rings. The standard InChI is InChI=1S/C38H47N5O4/c1-25-10-12-27(13-11-25)33-9-5-6-29(47-33)23-39-35-26(2)34(40-24-41-35)36(44)43-18-14-28(15-19-43)42-20-16-38(17-21-42)22-31(37(45)46)30-7-3-4-8-32(30)38/h3-4,7-8,10-13,24,28-29,31,33H,5-6,9,14-23H2,1-2H3,(H,45,46)(H,39,40,41). The summed E-state index contributed by atoms with van der Waals surface area (Å²) in [5.74, 6) is -0.439. The summed E-state index contributed by atoms with van der Waals surface area (Å²) in [6.07, 6.45) is 9.37. The molecule has 2 aromatic carbocycles. The Morgan fingerprint density at radius 2 is 1.70 bits per heavy atom. The molecule has 1 amide bonds. The van der Waals surface area contributed by atoms with Crippen molar-refractivity contribution >= 4 is 17.7 Å². The summed E-state index contributed by atoms with van der Waals surface area (Å²) in [5.41, 5.74) is 5.95. The van der Waals surface area contributed by atoms with E-state index < -0.39 is 11.9 Å². The Bertz CT molecular complexity index is 1590. The van der Waals surface area contributed by atoms with Gasteiger partial charge in [0.05, 0.1) is 18.1 Å². The number of aromatic nitrogens is 2. The van der Waals surface area contributed by atoms with Gasteiger partial charge >= 0.3 is 5.97 Å². The van der Waals surface area contributed by atoms with Gasteiger partial charge in [-0.15, -0.1) is 0 Å². The number of likely N-dealkylation sites (tertiary alicyclic amines) is 2. The lowest BCUT2D eigenvalue weighted by molar-refractivity contribution is -0.139. The Kier molecular flexibility index (Phi) is 9.03. The van der Waals surface area contributed by atoms with Crippen LogP contribution < -0.4 is 5.32 Å². The molecule has 3 atom stereocenters. The van der Waals surface area contributed by atoms with Crippen molar-refractivity contribution in [3.8, 4) is 0 Å². The first kappa shape index (κ1) is 31.8. The topological polar surface area (TPSA) is 108 Å². The Balaban J connectivity index is 0.917. The number of benzene rings is 2. The normalized spacial score (nSPS) is 24.6. The third kappa shape index (κ3) is 6.40. The fourth-order valence-corrected chi connectivity index (χ4v) is 8.62. The maximum atomic E-state index is 13.7. The van der Waals surface area contributed by atoms with Gasteiger partial charge in [0.25, 0.3) is 5.91 Å². The zero-order chi connectivity index (χ0) is 32.5. The van der Waals surface area contributed by atoms with Crippen LogP contribution in [0, 0.1) is 13.8 Å². The third-order valence-electron chi connectivity index (χ3n) is 11.4. The second kappa shape index (κ2) is 13.4. The van der Waals surface area contributed by atoms with Crippen LogP contribution in [0.4, 0.5) is 5.82 Å². The molecule has 3 fully saturated rings. The summed E-state index contributed by atoms with van der Waals surface area (Å²) in [7, 11) is 0. The van der Waals surface area contributed by atoms with E-state index in [4.69, 9.17) is 4.74 Å². The van der Waals surface area contributed by atoms with Gasteiger partial charge in [-0.25, -0.2) is 9.97 Å². The summed E-state index contributed by atoms with van der Waals surface area (Å²) in [6, 6.07) is 17.2. The highest BCUT2D eigenvalue weighted by molar-refractivity contribution is 5.94. The van der Waals surface area contributed by atoms with Crippen molar-refractivity contribution < 1.29 is 19.4 Å². The number of anilines is 1. The first-order valence-electron chi connectivity index (χ1n) is 17.4. The Morgan fingerprint density at radius 1 is 0.957 bits per heavy atom. The molecular formula is C38H47N5O4. The van der Waals surface area contributed by atoms with Crippen molar-refractivity contribution in [3.63, 3.8) is 0 Å². The minimum Gasteiger partial charge on any atom is -0.481 e. The van der Waals surface area contributed by atoms with Crippen LogP contribution in [0.25, 0.3) is 0 Å². The first-order chi connectivity index (χ1) is 22.8. The molecule has 9 heteroatoms. The molecule has 3 saturated heterocycles. The van der Waals surface area contributed by atoms with Gasteiger partial charge in [-0.3, -0.25) is 9.59 Å². The number of nitrogens with one attached hydrogen (secondary N) is 1. The highest BCUT2D eigenvalue weighted by Crippen LogP contribution is 2.52. The third-order valence-corrected chi connectivity index (χ3v) is 11.4. The van der Waals surface area contributed by atoms with Crippen molar-refractivity contribution in [2.75, 3.05) is 38.0 Å². The molecule has 3 aliphatic heterocycles. The first-order valence-corrected chi connectivity index (χ1v) is 17.4. The molecule has 7 rings (SSSR count). The van der Waals surface area contributed by atoms with Crippen molar-refractivity contribution in [3.05, 3.63) is 88.4 Å². The number of rotatable bonds is 7. The highest BCUT2D eigenvalue weighted by Gasteiger charge is 2.48. The lowest BCUT2D eigenvalue weighted by Gasteiger charge is -2.45. The van der Waals surface area contributed by atoms with Gasteiger partial charge in [0.2, 0.25) is 0 Å². The fourth-order valence-electron chi connectivity index (χ4n) is 8.62. The quantitative estimate of drug-likeness (QED) is 0.324. The number of carbonyl (C=O) groups excluding carboxylic acids is 1. The van der Waals surface area contributed by atoms with E-state index in [-0.39, 0.29) is 23.5 Å². The van der Waals surface area contributed by atoms with E-state index in [1.807, 2.05) is 24.0 Å². The number of carboxylic acid groups (broad SMARTS) is 1. The van der Waals surface area contributed by atoms with Crippen LogP contribution in [0.2, 0.25) is 0 Å². The number of aryl methyl sites for hydroxylation is 1. The number of hydrogen-bond donors (Lipinski definition) is 2. The number of hydrogen-bond acceptors (Lipinski definition) is 7. The van der Waals surface area contributed by atoms with Gasteiger partial charge in [-0.2, -0.15) is 0 Å². The highest BCUT2D eigenvalue weighted by atomic mass is 16.5. The Hall–Kier alpha value is -3.82. The maximum absolute atomic E-state index is 13.7. The van der Waals surface area contributed by atoms with E-state index in [2.05, 4.69) is 63.5 Å². The molecule has 47 heavy (non-hydrogen) atoms. The van der Waals surface area contributed by atoms with Gasteiger partial charge in [0.1, 0.15) is 17.8 Å². The van der Waals surface area contributed by atoms with Crippen molar-refractivity contribution in [1.82, 2.24) is 19.8 Å². The molecule has 3 unspecified atom stereocenters. The molecule has 9 nitrogen and oxygen atoms in total. The van der Waals surface area contributed by atoms with Crippen LogP contribution in [-0.2, 0) is 14.9 Å². The molecular weight excluding hydrogens is 590 g/mol. The van der Waals surface area contributed by atoms with E-state index in [0.29, 0.717) is 43.6 Å². The minimum absolute atomic E-state index is 0.0281. The number of aliphatic carboxylic acids is 1. The van der Waals surface area contributed by atoms with Crippen molar-refractivity contribution in [2.45, 2.75) is 94.8 Å². The number of nitrogens with zero attached hydrogens (tertiary/aromatic N) is 4. The van der Waals surface area contributed by atoms with Crippen LogP contribution in [-0.4, -0.2) is 81.6 Å². The van der Waals surface area contributed by atoms with E-state index >= 15 is 0 Å². The van der Waals surface area contributed by atoms with Crippen LogP contribution in [0.1, 0.15) is 102 Å². The van der Waals surface area contributed by atoms with Gasteiger partial charge in [-0.05, 0) is 100 Å². The van der Waals surface area contributed by atoms with Gasteiger partial charge < -0.3 is 25.0 Å². The summed E-state index contributed by atoms with van der Waals surface area (Å²) >= 11 is 0. The van der Waals surface area contributed by atoms with Crippen LogP contribution in [0.5, 0.6) is 0 Å². The van der Waals surface area contributed by atoms with Gasteiger partial charge in [-0.1, -0.05) is 54.1 Å². The number of carbonyl (C=O) groups is 2. The molecule has 248 valence electrons. The molecule has 1 spiro atoms.